The highest BCUT2D eigenvalue weighted by molar-refractivity contribution is 7.90. The van der Waals surface area contributed by atoms with Gasteiger partial charge in [0.25, 0.3) is 0 Å². The van der Waals surface area contributed by atoms with Gasteiger partial charge in [-0.3, -0.25) is 0 Å². The van der Waals surface area contributed by atoms with Crippen LogP contribution in [0.4, 0.5) is 0 Å². The molecule has 0 fully saturated rings. The van der Waals surface area contributed by atoms with Crippen LogP contribution in [0.2, 0.25) is 0 Å². The molecule has 5 heteroatoms. The maximum atomic E-state index is 11.4. The SMILES string of the molecule is Cc1cc(CNCc2ccc(S(C)(=O)=O)cc2)c(C)n1C. The van der Waals surface area contributed by atoms with Gasteiger partial charge in [-0.25, -0.2) is 8.42 Å². The molecule has 1 heterocycles. The van der Waals surface area contributed by atoms with E-state index in [-0.39, 0.29) is 0 Å². The summed E-state index contributed by atoms with van der Waals surface area (Å²) >= 11 is 0. The molecule has 0 unspecified atom stereocenters. The van der Waals surface area contributed by atoms with Crippen LogP contribution in [0.5, 0.6) is 0 Å². The number of rotatable bonds is 5. The van der Waals surface area contributed by atoms with Crippen molar-refractivity contribution in [2.75, 3.05) is 6.26 Å². The number of aromatic nitrogens is 1. The third kappa shape index (κ3) is 3.74. The van der Waals surface area contributed by atoms with Crippen LogP contribution in [0, 0.1) is 13.8 Å². The summed E-state index contributed by atoms with van der Waals surface area (Å²) in [5.41, 5.74) is 4.89. The normalized spacial score (nSPS) is 11.8. The van der Waals surface area contributed by atoms with Crippen molar-refractivity contribution in [1.29, 1.82) is 0 Å². The highest BCUT2D eigenvalue weighted by atomic mass is 32.2. The van der Waals surface area contributed by atoms with Crippen molar-refractivity contribution < 1.29 is 8.42 Å². The van der Waals surface area contributed by atoms with E-state index in [9.17, 15) is 8.42 Å². The number of hydrogen-bond donors (Lipinski definition) is 1. The largest absolute Gasteiger partial charge is 0.352 e. The first-order valence-electron chi connectivity index (χ1n) is 6.90. The van der Waals surface area contributed by atoms with Crippen LogP contribution in [0.3, 0.4) is 0 Å². The Balaban J connectivity index is 1.96. The molecule has 0 atom stereocenters. The lowest BCUT2D eigenvalue weighted by molar-refractivity contribution is 0.602. The summed E-state index contributed by atoms with van der Waals surface area (Å²) in [6.07, 6.45) is 1.22. The fourth-order valence-corrected chi connectivity index (χ4v) is 2.94. The molecule has 114 valence electrons. The first-order valence-corrected chi connectivity index (χ1v) is 8.79. The van der Waals surface area contributed by atoms with Crippen molar-refractivity contribution in [1.82, 2.24) is 9.88 Å². The van der Waals surface area contributed by atoms with E-state index >= 15 is 0 Å². The third-order valence-corrected chi connectivity index (χ3v) is 5.00. The van der Waals surface area contributed by atoms with Gasteiger partial charge in [0.1, 0.15) is 0 Å². The maximum absolute atomic E-state index is 11.4. The van der Waals surface area contributed by atoms with Crippen molar-refractivity contribution in [2.45, 2.75) is 31.8 Å². The van der Waals surface area contributed by atoms with Crippen LogP contribution < -0.4 is 5.32 Å². The average Bonchev–Trinajstić information content (AvgIpc) is 2.66. The molecule has 0 amide bonds. The molecule has 0 radical (unpaired) electrons. The molecule has 0 saturated heterocycles. The summed E-state index contributed by atoms with van der Waals surface area (Å²) in [7, 11) is -1.05. The number of sulfone groups is 1. The first kappa shape index (κ1) is 15.8. The minimum Gasteiger partial charge on any atom is -0.352 e. The number of hydrogen-bond acceptors (Lipinski definition) is 3. The Morgan fingerprint density at radius 2 is 1.71 bits per heavy atom. The number of nitrogens with one attached hydrogen (secondary N) is 1. The lowest BCUT2D eigenvalue weighted by atomic mass is 10.2. The second-order valence-corrected chi connectivity index (χ2v) is 7.49. The summed E-state index contributed by atoms with van der Waals surface area (Å²) in [6.45, 7) is 5.74. The highest BCUT2D eigenvalue weighted by Gasteiger charge is 2.07. The topological polar surface area (TPSA) is 51.1 Å². The molecule has 2 aromatic rings. The molecule has 0 aliphatic heterocycles. The smallest absolute Gasteiger partial charge is 0.175 e. The summed E-state index contributed by atoms with van der Waals surface area (Å²) in [5.74, 6) is 0. The van der Waals surface area contributed by atoms with E-state index in [1.165, 1.54) is 23.2 Å². The molecular weight excluding hydrogens is 284 g/mol. The van der Waals surface area contributed by atoms with Gasteiger partial charge in [0.2, 0.25) is 0 Å². The van der Waals surface area contributed by atoms with Gasteiger partial charge in [-0.2, -0.15) is 0 Å². The van der Waals surface area contributed by atoms with Gasteiger partial charge in [-0.1, -0.05) is 12.1 Å². The Labute approximate surface area is 126 Å². The van der Waals surface area contributed by atoms with Crippen LogP contribution in [-0.2, 0) is 30.0 Å². The van der Waals surface area contributed by atoms with Gasteiger partial charge in [0, 0.05) is 37.8 Å². The third-order valence-electron chi connectivity index (χ3n) is 3.88. The van der Waals surface area contributed by atoms with Gasteiger partial charge in [-0.15, -0.1) is 0 Å². The summed E-state index contributed by atoms with van der Waals surface area (Å²) in [5, 5.41) is 3.39. The molecule has 0 aliphatic rings. The lowest BCUT2D eigenvalue weighted by Gasteiger charge is -2.06. The van der Waals surface area contributed by atoms with Crippen molar-refractivity contribution in [3.8, 4) is 0 Å². The Bertz CT molecular complexity index is 728. The Hall–Kier alpha value is -1.59. The monoisotopic (exact) mass is 306 g/mol. The Kier molecular flexibility index (Phi) is 4.54. The summed E-state index contributed by atoms with van der Waals surface area (Å²) in [6, 6.07) is 9.21. The van der Waals surface area contributed by atoms with E-state index in [4.69, 9.17) is 0 Å². The second-order valence-electron chi connectivity index (χ2n) is 5.48. The van der Waals surface area contributed by atoms with Crippen LogP contribution in [0.15, 0.2) is 35.2 Å². The molecule has 0 bridgehead atoms. The molecule has 2 rings (SSSR count). The zero-order chi connectivity index (χ0) is 15.6. The Morgan fingerprint density at radius 3 is 2.19 bits per heavy atom. The van der Waals surface area contributed by atoms with Gasteiger partial charge in [0.15, 0.2) is 9.84 Å². The zero-order valence-electron chi connectivity index (χ0n) is 13.0. The van der Waals surface area contributed by atoms with Crippen molar-refractivity contribution >= 4 is 9.84 Å². The summed E-state index contributed by atoms with van der Waals surface area (Å²) in [4.78, 5) is 0.362. The van der Waals surface area contributed by atoms with E-state index in [0.29, 0.717) is 4.90 Å². The van der Waals surface area contributed by atoms with Gasteiger partial charge in [0.05, 0.1) is 4.90 Å². The number of nitrogens with zero attached hydrogens (tertiary/aromatic N) is 1. The van der Waals surface area contributed by atoms with Crippen molar-refractivity contribution in [3.63, 3.8) is 0 Å². The van der Waals surface area contributed by atoms with E-state index in [1.807, 2.05) is 12.1 Å². The van der Waals surface area contributed by atoms with E-state index in [2.05, 4.69) is 36.8 Å². The van der Waals surface area contributed by atoms with E-state index in [1.54, 1.807) is 12.1 Å². The van der Waals surface area contributed by atoms with Crippen LogP contribution >= 0.6 is 0 Å². The lowest BCUT2D eigenvalue weighted by Crippen LogP contribution is -2.13. The predicted molar refractivity (Wildman–Crippen MR) is 85.0 cm³/mol. The van der Waals surface area contributed by atoms with Crippen LogP contribution in [0.25, 0.3) is 0 Å². The molecule has 1 aromatic heterocycles. The minimum atomic E-state index is -3.11. The molecule has 0 spiro atoms. The number of aryl methyl sites for hydroxylation is 1. The van der Waals surface area contributed by atoms with Gasteiger partial charge >= 0.3 is 0 Å². The van der Waals surface area contributed by atoms with Crippen molar-refractivity contribution in [2.24, 2.45) is 7.05 Å². The van der Waals surface area contributed by atoms with E-state index < -0.39 is 9.84 Å². The molecule has 21 heavy (non-hydrogen) atoms. The number of benzene rings is 1. The van der Waals surface area contributed by atoms with Gasteiger partial charge < -0.3 is 9.88 Å². The molecule has 0 aliphatic carbocycles. The molecular formula is C16H22N2O2S. The standard InChI is InChI=1S/C16H22N2O2S/c1-12-9-15(13(2)18(12)3)11-17-10-14-5-7-16(8-6-14)21(4,19)20/h5-9,17H,10-11H2,1-4H3. The molecule has 0 saturated carbocycles. The molecule has 4 nitrogen and oxygen atoms in total. The minimum absolute atomic E-state index is 0.362. The predicted octanol–water partition coefficient (Wildman–Crippen LogP) is 2.34. The fourth-order valence-electron chi connectivity index (χ4n) is 2.31. The summed E-state index contributed by atoms with van der Waals surface area (Å²) < 4.78 is 25.0. The van der Waals surface area contributed by atoms with Crippen LogP contribution in [-0.4, -0.2) is 19.2 Å². The molecule has 1 N–H and O–H groups in total. The fraction of sp³-hybridized carbons (Fsp3) is 0.375. The molecule has 1 aromatic carbocycles. The second kappa shape index (κ2) is 6.03. The van der Waals surface area contributed by atoms with Crippen LogP contribution in [0.1, 0.15) is 22.5 Å². The van der Waals surface area contributed by atoms with Crippen molar-refractivity contribution in [3.05, 3.63) is 52.8 Å². The van der Waals surface area contributed by atoms with E-state index in [0.717, 1.165) is 18.7 Å². The quantitative estimate of drug-likeness (QED) is 0.922. The first-order chi connectivity index (χ1) is 9.79. The highest BCUT2D eigenvalue weighted by Crippen LogP contribution is 2.14. The average molecular weight is 306 g/mol. The Morgan fingerprint density at radius 1 is 1.10 bits per heavy atom. The van der Waals surface area contributed by atoms with Gasteiger partial charge in [-0.05, 0) is 43.2 Å². The zero-order valence-corrected chi connectivity index (χ0v) is 13.8. The maximum Gasteiger partial charge on any atom is 0.175 e.